The van der Waals surface area contributed by atoms with Gasteiger partial charge in [-0.15, -0.1) is 11.3 Å². The summed E-state index contributed by atoms with van der Waals surface area (Å²) in [4.78, 5) is 59.4. The van der Waals surface area contributed by atoms with Crippen molar-refractivity contribution in [3.63, 3.8) is 0 Å². The molecule has 1 heterocycles. The molecule has 1 unspecified atom stereocenters. The van der Waals surface area contributed by atoms with Crippen LogP contribution in [0.15, 0.2) is 103 Å². The highest BCUT2D eigenvalue weighted by atomic mass is 32.1. The van der Waals surface area contributed by atoms with Gasteiger partial charge in [-0.25, -0.2) is 9.78 Å². The van der Waals surface area contributed by atoms with E-state index in [1.54, 1.807) is 75.8 Å². The van der Waals surface area contributed by atoms with Crippen LogP contribution in [-0.4, -0.2) is 52.5 Å². The second kappa shape index (κ2) is 13.8. The number of nitrogens with one attached hydrogen (secondary N) is 2. The molecule has 3 N–H and O–H groups in total. The molecular weight excluding hydrogens is 614 g/mol. The molecule has 0 saturated heterocycles. The van der Waals surface area contributed by atoms with Gasteiger partial charge in [0.15, 0.2) is 0 Å². The molecule has 240 valence electrons. The maximum absolute atomic E-state index is 13.8. The highest BCUT2D eigenvalue weighted by molar-refractivity contribution is 7.16. The quantitative estimate of drug-likeness (QED) is 0.160. The zero-order chi connectivity index (χ0) is 33.7. The number of thiazole rings is 1. The number of hydrogen-bond acceptors (Lipinski definition) is 6. The molecule has 0 fully saturated rings. The first-order valence-corrected chi connectivity index (χ1v) is 15.8. The zero-order valence-corrected chi connectivity index (χ0v) is 27.2. The first kappa shape index (κ1) is 32.8. The minimum absolute atomic E-state index is 0.215. The number of fused-ring (bicyclic) bond motifs is 1. The van der Waals surface area contributed by atoms with E-state index in [2.05, 4.69) is 15.6 Å². The van der Waals surface area contributed by atoms with E-state index in [-0.39, 0.29) is 23.5 Å². The summed E-state index contributed by atoms with van der Waals surface area (Å²) < 4.78 is 1.01. The lowest BCUT2D eigenvalue weighted by atomic mass is 10.0. The van der Waals surface area contributed by atoms with E-state index in [0.717, 1.165) is 15.8 Å². The SMILES string of the molecule is CN(C(=O)C(Cc1ccccc1)NC(=O)c1cccc(C(=O)Nc2ccc(N(C(=O)O)C(C)(C)C)cc2)c1)c1ccc2scnc2c1. The third kappa shape index (κ3) is 7.82. The van der Waals surface area contributed by atoms with Crippen LogP contribution in [0.2, 0.25) is 0 Å². The van der Waals surface area contributed by atoms with E-state index in [0.29, 0.717) is 17.1 Å². The third-order valence-electron chi connectivity index (χ3n) is 7.55. The highest BCUT2D eigenvalue weighted by Gasteiger charge is 2.28. The number of amides is 4. The van der Waals surface area contributed by atoms with Crippen LogP contribution < -0.4 is 20.4 Å². The van der Waals surface area contributed by atoms with Crippen molar-refractivity contribution >= 4 is 62.4 Å². The minimum atomic E-state index is -1.08. The van der Waals surface area contributed by atoms with Gasteiger partial charge < -0.3 is 20.6 Å². The standard InChI is InChI=1S/C36H35N5O5S/c1-36(2,3)41(35(45)46)27-15-13-26(14-16-27)38-32(42)24-11-8-12-25(20-24)33(43)39-30(19-23-9-6-5-7-10-23)34(44)40(4)28-17-18-31-29(21-28)37-22-47-31/h5-18,20-22,30H,19H2,1-4H3,(H,38,42)(H,39,43)(H,45,46). The molecule has 0 aliphatic rings. The summed E-state index contributed by atoms with van der Waals surface area (Å²) in [6.45, 7) is 5.38. The number of carbonyl (C=O) groups excluding carboxylic acids is 3. The molecule has 0 aliphatic carbocycles. The van der Waals surface area contributed by atoms with E-state index in [1.807, 2.05) is 48.5 Å². The lowest BCUT2D eigenvalue weighted by molar-refractivity contribution is -0.120. The molecular formula is C36H35N5O5S. The first-order chi connectivity index (χ1) is 22.4. The second-order valence-electron chi connectivity index (χ2n) is 12.0. The Kier molecular flexibility index (Phi) is 9.67. The Hall–Kier alpha value is -5.55. The number of aromatic nitrogens is 1. The number of nitrogens with zero attached hydrogens (tertiary/aromatic N) is 3. The van der Waals surface area contributed by atoms with Crippen molar-refractivity contribution in [2.45, 2.75) is 38.8 Å². The van der Waals surface area contributed by atoms with E-state index in [1.165, 1.54) is 27.2 Å². The van der Waals surface area contributed by atoms with Gasteiger partial charge in [0.25, 0.3) is 11.8 Å². The summed E-state index contributed by atoms with van der Waals surface area (Å²) in [5.41, 5.74) is 4.79. The topological polar surface area (TPSA) is 132 Å². The van der Waals surface area contributed by atoms with Gasteiger partial charge in [-0.1, -0.05) is 36.4 Å². The second-order valence-corrected chi connectivity index (χ2v) is 12.9. The molecule has 10 nitrogen and oxygen atoms in total. The normalized spacial score (nSPS) is 11.8. The van der Waals surface area contributed by atoms with E-state index in [4.69, 9.17) is 0 Å². The predicted octanol–water partition coefficient (Wildman–Crippen LogP) is 6.84. The monoisotopic (exact) mass is 649 g/mol. The summed E-state index contributed by atoms with van der Waals surface area (Å²) in [6, 6.07) is 26.9. The molecule has 0 bridgehead atoms. The lowest BCUT2D eigenvalue weighted by Gasteiger charge is -2.33. The van der Waals surface area contributed by atoms with Gasteiger partial charge in [-0.3, -0.25) is 19.3 Å². The molecule has 4 aromatic carbocycles. The van der Waals surface area contributed by atoms with Gasteiger partial charge in [-0.2, -0.15) is 0 Å². The fraction of sp³-hybridized carbons (Fsp3) is 0.194. The molecule has 1 atom stereocenters. The van der Waals surface area contributed by atoms with Crippen molar-refractivity contribution in [1.29, 1.82) is 0 Å². The molecule has 5 aromatic rings. The van der Waals surface area contributed by atoms with Crippen molar-refractivity contribution in [3.05, 3.63) is 119 Å². The van der Waals surface area contributed by atoms with Crippen LogP contribution in [0.4, 0.5) is 21.9 Å². The summed E-state index contributed by atoms with van der Waals surface area (Å²) >= 11 is 1.52. The fourth-order valence-corrected chi connectivity index (χ4v) is 5.85. The van der Waals surface area contributed by atoms with Crippen LogP contribution in [0.3, 0.4) is 0 Å². The average molecular weight is 650 g/mol. The number of likely N-dealkylation sites (N-methyl/N-ethyl adjacent to an activating group) is 1. The van der Waals surface area contributed by atoms with Gasteiger partial charge in [0.05, 0.1) is 15.7 Å². The number of anilines is 3. The van der Waals surface area contributed by atoms with Crippen LogP contribution in [0, 0.1) is 0 Å². The highest BCUT2D eigenvalue weighted by Crippen LogP contribution is 2.26. The number of carbonyl (C=O) groups is 4. The number of carboxylic acid groups (broad SMARTS) is 1. The van der Waals surface area contributed by atoms with Crippen molar-refractivity contribution in [2.75, 3.05) is 22.2 Å². The zero-order valence-electron chi connectivity index (χ0n) is 26.4. The van der Waals surface area contributed by atoms with Gasteiger partial charge in [-0.05, 0) is 87.0 Å². The molecule has 0 saturated carbocycles. The summed E-state index contributed by atoms with van der Waals surface area (Å²) in [7, 11) is 1.67. The van der Waals surface area contributed by atoms with Gasteiger partial charge in [0, 0.05) is 47.2 Å². The average Bonchev–Trinajstić information content (AvgIpc) is 3.52. The predicted molar refractivity (Wildman–Crippen MR) is 186 cm³/mol. The maximum atomic E-state index is 13.8. The van der Waals surface area contributed by atoms with Crippen LogP contribution in [0.5, 0.6) is 0 Å². The van der Waals surface area contributed by atoms with Crippen molar-refractivity contribution < 1.29 is 24.3 Å². The number of benzene rings is 4. The largest absolute Gasteiger partial charge is 0.465 e. The van der Waals surface area contributed by atoms with Crippen LogP contribution in [0.25, 0.3) is 10.2 Å². The number of hydrogen-bond donors (Lipinski definition) is 3. The molecule has 0 spiro atoms. The Morgan fingerprint density at radius 1 is 0.830 bits per heavy atom. The smallest absolute Gasteiger partial charge is 0.412 e. The van der Waals surface area contributed by atoms with Gasteiger partial charge in [0.1, 0.15) is 6.04 Å². The summed E-state index contributed by atoms with van der Waals surface area (Å²) in [5.74, 6) is -1.26. The molecule has 5 rings (SSSR count). The van der Waals surface area contributed by atoms with Crippen molar-refractivity contribution in [2.24, 2.45) is 0 Å². The molecule has 4 amide bonds. The molecule has 0 aliphatic heterocycles. The Bertz CT molecular complexity index is 1920. The minimum Gasteiger partial charge on any atom is -0.465 e. The van der Waals surface area contributed by atoms with Crippen molar-refractivity contribution in [3.8, 4) is 0 Å². The summed E-state index contributed by atoms with van der Waals surface area (Å²) in [6.07, 6.45) is -0.819. The lowest BCUT2D eigenvalue weighted by Crippen LogP contribution is -2.48. The Morgan fingerprint density at radius 2 is 1.49 bits per heavy atom. The summed E-state index contributed by atoms with van der Waals surface area (Å²) in [5, 5.41) is 15.3. The van der Waals surface area contributed by atoms with Crippen LogP contribution in [0.1, 0.15) is 47.1 Å². The third-order valence-corrected chi connectivity index (χ3v) is 8.36. The maximum Gasteiger partial charge on any atom is 0.412 e. The van der Waals surface area contributed by atoms with Crippen molar-refractivity contribution in [1.82, 2.24) is 10.3 Å². The molecule has 11 heteroatoms. The number of rotatable bonds is 9. The van der Waals surface area contributed by atoms with Crippen LogP contribution >= 0.6 is 11.3 Å². The van der Waals surface area contributed by atoms with E-state index >= 15 is 0 Å². The molecule has 0 radical (unpaired) electrons. The van der Waals surface area contributed by atoms with Gasteiger partial charge >= 0.3 is 6.09 Å². The Balaban J connectivity index is 1.32. The Morgan fingerprint density at radius 3 is 2.15 bits per heavy atom. The Labute approximate surface area is 276 Å². The molecule has 1 aromatic heterocycles. The van der Waals surface area contributed by atoms with Gasteiger partial charge in [0.2, 0.25) is 5.91 Å². The molecule has 47 heavy (non-hydrogen) atoms. The van der Waals surface area contributed by atoms with Crippen LogP contribution in [-0.2, 0) is 11.2 Å². The first-order valence-electron chi connectivity index (χ1n) is 14.9. The van der Waals surface area contributed by atoms with E-state index < -0.39 is 29.5 Å². The fourth-order valence-electron chi connectivity index (χ4n) is 5.19. The van der Waals surface area contributed by atoms with E-state index in [9.17, 15) is 24.3 Å².